The number of fused-ring (bicyclic) bond motifs is 1. The lowest BCUT2D eigenvalue weighted by atomic mass is 9.96. The van der Waals surface area contributed by atoms with Crippen molar-refractivity contribution in [3.63, 3.8) is 0 Å². The molecule has 35 heavy (non-hydrogen) atoms. The van der Waals surface area contributed by atoms with Crippen LogP contribution in [0.15, 0.2) is 30.6 Å². The second-order valence-corrected chi connectivity index (χ2v) is 10.2. The van der Waals surface area contributed by atoms with Crippen LogP contribution >= 0.6 is 11.6 Å². The fraction of sp³-hybridized carbons (Fsp3) is 0.577. The highest BCUT2D eigenvalue weighted by molar-refractivity contribution is 6.30. The molecule has 1 amide bonds. The van der Waals surface area contributed by atoms with Crippen molar-refractivity contribution in [2.45, 2.75) is 50.2 Å². The normalized spacial score (nSPS) is 23.9. The van der Waals surface area contributed by atoms with Crippen molar-refractivity contribution in [3.8, 4) is 0 Å². The van der Waals surface area contributed by atoms with E-state index in [0.29, 0.717) is 55.9 Å². The summed E-state index contributed by atoms with van der Waals surface area (Å²) < 4.78 is 19.9. The Balaban J connectivity index is 1.27. The lowest BCUT2D eigenvalue weighted by Crippen LogP contribution is -2.51. The number of halogens is 2. The van der Waals surface area contributed by atoms with Crippen LogP contribution in [0.4, 0.5) is 10.2 Å². The standard InChI is InChI=1S/C26H33ClFN5O2/c1-17-14-22(28)24-23(17)25(31-16-30-24)32-8-10-33(11-9-32)26(34)21(18-2-4-19(27)5-3-18)15-29-20-6-12-35-13-7-20/h2-5,16-17,20-22,29H,6-15H2,1H3/t17-,21-,22-/m1/s1. The zero-order chi connectivity index (χ0) is 24.4. The van der Waals surface area contributed by atoms with Gasteiger partial charge in [0.05, 0.1) is 11.6 Å². The Morgan fingerprint density at radius 1 is 1.17 bits per heavy atom. The van der Waals surface area contributed by atoms with Crippen LogP contribution in [0.3, 0.4) is 0 Å². The number of nitrogens with one attached hydrogen (secondary N) is 1. The molecule has 2 fully saturated rings. The van der Waals surface area contributed by atoms with Gasteiger partial charge < -0.3 is 19.9 Å². The fourth-order valence-electron chi connectivity index (χ4n) is 5.50. The van der Waals surface area contributed by atoms with Crippen molar-refractivity contribution in [2.75, 3.05) is 50.8 Å². The van der Waals surface area contributed by atoms with E-state index in [-0.39, 0.29) is 17.7 Å². The molecule has 2 saturated heterocycles. The number of alkyl halides is 1. The number of nitrogens with zero attached hydrogens (tertiary/aromatic N) is 4. The summed E-state index contributed by atoms with van der Waals surface area (Å²) in [4.78, 5) is 26.6. The molecule has 1 N–H and O–H groups in total. The highest BCUT2D eigenvalue weighted by Gasteiger charge is 2.36. The molecule has 2 aliphatic heterocycles. The molecule has 3 heterocycles. The molecule has 0 saturated carbocycles. The number of amides is 1. The van der Waals surface area contributed by atoms with E-state index in [4.69, 9.17) is 16.3 Å². The summed E-state index contributed by atoms with van der Waals surface area (Å²) in [7, 11) is 0. The third-order valence-electron chi connectivity index (χ3n) is 7.54. The van der Waals surface area contributed by atoms with Gasteiger partial charge in [0.15, 0.2) is 0 Å². The zero-order valence-electron chi connectivity index (χ0n) is 20.1. The zero-order valence-corrected chi connectivity index (χ0v) is 20.9. The van der Waals surface area contributed by atoms with Crippen LogP contribution in [0, 0.1) is 0 Å². The summed E-state index contributed by atoms with van der Waals surface area (Å²) in [5.41, 5.74) is 2.43. The van der Waals surface area contributed by atoms with Crippen LogP contribution in [0.1, 0.15) is 61.0 Å². The highest BCUT2D eigenvalue weighted by atomic mass is 35.5. The SMILES string of the molecule is C[C@@H]1C[C@@H](F)c2ncnc(N3CCN(C(=O)[C@H](CNC4CCOCC4)c4ccc(Cl)cc4)CC3)c21. The average molecular weight is 502 g/mol. The molecule has 1 aromatic carbocycles. The highest BCUT2D eigenvalue weighted by Crippen LogP contribution is 2.44. The second kappa shape index (κ2) is 10.8. The number of piperazine rings is 1. The van der Waals surface area contributed by atoms with Gasteiger partial charge >= 0.3 is 0 Å². The first-order valence-corrected chi connectivity index (χ1v) is 13.0. The number of hydrogen-bond acceptors (Lipinski definition) is 6. The number of anilines is 1. The lowest BCUT2D eigenvalue weighted by Gasteiger charge is -2.38. The Labute approximate surface area is 211 Å². The lowest BCUT2D eigenvalue weighted by molar-refractivity contribution is -0.133. The van der Waals surface area contributed by atoms with E-state index < -0.39 is 6.17 Å². The van der Waals surface area contributed by atoms with E-state index in [1.54, 1.807) is 0 Å². The van der Waals surface area contributed by atoms with Crippen molar-refractivity contribution >= 4 is 23.3 Å². The van der Waals surface area contributed by atoms with Crippen LogP contribution in [0.25, 0.3) is 0 Å². The molecule has 3 aliphatic rings. The Hall–Kier alpha value is -2.29. The summed E-state index contributed by atoms with van der Waals surface area (Å²) in [6, 6.07) is 7.96. The van der Waals surface area contributed by atoms with Gasteiger partial charge in [-0.3, -0.25) is 4.79 Å². The molecule has 0 unspecified atom stereocenters. The molecule has 7 nitrogen and oxygen atoms in total. The number of aromatic nitrogens is 2. The van der Waals surface area contributed by atoms with Gasteiger partial charge in [-0.05, 0) is 42.9 Å². The maximum absolute atomic E-state index is 14.4. The summed E-state index contributed by atoms with van der Waals surface area (Å²) in [6.45, 7) is 6.67. The van der Waals surface area contributed by atoms with E-state index in [1.807, 2.05) is 36.1 Å². The van der Waals surface area contributed by atoms with Crippen molar-refractivity contribution in [2.24, 2.45) is 0 Å². The maximum Gasteiger partial charge on any atom is 0.231 e. The largest absolute Gasteiger partial charge is 0.381 e. The topological polar surface area (TPSA) is 70.6 Å². The number of hydrogen-bond donors (Lipinski definition) is 1. The smallest absolute Gasteiger partial charge is 0.231 e. The van der Waals surface area contributed by atoms with Crippen LogP contribution in [0.2, 0.25) is 5.02 Å². The van der Waals surface area contributed by atoms with E-state index >= 15 is 0 Å². The molecule has 1 aromatic heterocycles. The van der Waals surface area contributed by atoms with Crippen molar-refractivity contribution in [1.29, 1.82) is 0 Å². The Morgan fingerprint density at radius 3 is 2.60 bits per heavy atom. The Morgan fingerprint density at radius 2 is 1.89 bits per heavy atom. The summed E-state index contributed by atoms with van der Waals surface area (Å²) in [5, 5.41) is 4.26. The predicted octanol–water partition coefficient (Wildman–Crippen LogP) is 3.85. The number of rotatable bonds is 6. The molecule has 0 spiro atoms. The quantitative estimate of drug-likeness (QED) is 0.648. The third kappa shape index (κ3) is 5.29. The summed E-state index contributed by atoms with van der Waals surface area (Å²) in [6.07, 6.45) is 2.83. The van der Waals surface area contributed by atoms with Crippen molar-refractivity contribution in [3.05, 3.63) is 52.4 Å². The van der Waals surface area contributed by atoms with Gasteiger partial charge in [0.1, 0.15) is 18.3 Å². The first-order chi connectivity index (χ1) is 17.0. The van der Waals surface area contributed by atoms with Gasteiger partial charge in [-0.15, -0.1) is 0 Å². The first kappa shape index (κ1) is 24.4. The van der Waals surface area contributed by atoms with Gasteiger partial charge in [-0.2, -0.15) is 0 Å². The van der Waals surface area contributed by atoms with Crippen molar-refractivity contribution in [1.82, 2.24) is 20.2 Å². The van der Waals surface area contributed by atoms with Gasteiger partial charge in [-0.1, -0.05) is 30.7 Å². The molecular formula is C26H33ClFN5O2. The minimum atomic E-state index is -1.02. The maximum atomic E-state index is 14.4. The Kier molecular flexibility index (Phi) is 7.51. The van der Waals surface area contributed by atoms with Crippen LogP contribution in [-0.4, -0.2) is 72.8 Å². The molecular weight excluding hydrogens is 469 g/mol. The van der Waals surface area contributed by atoms with Crippen LogP contribution in [0.5, 0.6) is 0 Å². The van der Waals surface area contributed by atoms with Crippen LogP contribution < -0.4 is 10.2 Å². The van der Waals surface area contributed by atoms with Gasteiger partial charge in [0.25, 0.3) is 0 Å². The second-order valence-electron chi connectivity index (χ2n) is 9.81. The third-order valence-corrected chi connectivity index (χ3v) is 7.79. The fourth-order valence-corrected chi connectivity index (χ4v) is 5.63. The Bertz CT molecular complexity index is 1020. The minimum Gasteiger partial charge on any atom is -0.381 e. The molecule has 3 atom stereocenters. The molecule has 0 radical (unpaired) electrons. The minimum absolute atomic E-state index is 0.0985. The van der Waals surface area contributed by atoms with Crippen molar-refractivity contribution < 1.29 is 13.9 Å². The molecule has 9 heteroatoms. The molecule has 2 aromatic rings. The van der Waals surface area contributed by atoms with Gasteiger partial charge in [0.2, 0.25) is 5.91 Å². The number of ether oxygens (including phenoxy) is 1. The van der Waals surface area contributed by atoms with Gasteiger partial charge in [-0.25, -0.2) is 14.4 Å². The molecule has 0 bridgehead atoms. The predicted molar refractivity (Wildman–Crippen MR) is 134 cm³/mol. The number of benzene rings is 1. The van der Waals surface area contributed by atoms with Gasteiger partial charge in [0, 0.05) is 62.6 Å². The summed E-state index contributed by atoms with van der Waals surface area (Å²) in [5.74, 6) is 0.764. The van der Waals surface area contributed by atoms with E-state index in [9.17, 15) is 9.18 Å². The first-order valence-electron chi connectivity index (χ1n) is 12.6. The average Bonchev–Trinajstić information content (AvgIpc) is 3.19. The van der Waals surface area contributed by atoms with E-state index in [2.05, 4.69) is 20.2 Å². The summed E-state index contributed by atoms with van der Waals surface area (Å²) >= 11 is 6.11. The monoisotopic (exact) mass is 501 g/mol. The van der Waals surface area contributed by atoms with E-state index in [0.717, 1.165) is 43.0 Å². The number of carbonyl (C=O) groups is 1. The molecule has 188 valence electrons. The number of carbonyl (C=O) groups excluding carboxylic acids is 1. The molecule has 1 aliphatic carbocycles. The van der Waals surface area contributed by atoms with E-state index in [1.165, 1.54) is 6.33 Å². The van der Waals surface area contributed by atoms with Crippen LogP contribution in [-0.2, 0) is 9.53 Å². The molecule has 5 rings (SSSR count).